The van der Waals surface area contributed by atoms with Crippen LogP contribution >= 0.6 is 0 Å². The average molecular weight is 399 g/mol. The van der Waals surface area contributed by atoms with Crippen LogP contribution in [0.4, 0.5) is 0 Å². The fourth-order valence-corrected chi connectivity index (χ4v) is 3.89. The van der Waals surface area contributed by atoms with E-state index >= 15 is 0 Å². The first-order valence-electron chi connectivity index (χ1n) is 10.5. The maximum Gasteiger partial charge on any atom is 0.254 e. The maximum atomic E-state index is 13.0. The van der Waals surface area contributed by atoms with Crippen LogP contribution in [0.25, 0.3) is 0 Å². The molecule has 1 aliphatic rings. The van der Waals surface area contributed by atoms with Gasteiger partial charge in [0.05, 0.1) is 0 Å². The molecule has 0 bridgehead atoms. The predicted octanol–water partition coefficient (Wildman–Crippen LogP) is 4.25. The third-order valence-corrected chi connectivity index (χ3v) is 5.56. The van der Waals surface area contributed by atoms with Gasteiger partial charge in [-0.25, -0.2) is 0 Å². The highest BCUT2D eigenvalue weighted by Crippen LogP contribution is 2.20. The van der Waals surface area contributed by atoms with Gasteiger partial charge in [-0.15, -0.1) is 0 Å². The third kappa shape index (κ3) is 4.77. The standard InChI is InChI=1S/C26H26N2O2/c29-25(27-16-7-10-20-8-2-1-3-9-20)22-13-6-14-23(18-22)26(30)28-17-15-21-11-4-5-12-24(21)19-28/h1-6,8-9,11-14,18H,7,10,15-17,19H2,(H,27,29). The summed E-state index contributed by atoms with van der Waals surface area (Å²) in [6, 6.07) is 25.5. The fourth-order valence-electron chi connectivity index (χ4n) is 3.89. The smallest absolute Gasteiger partial charge is 0.254 e. The average Bonchev–Trinajstić information content (AvgIpc) is 2.81. The summed E-state index contributed by atoms with van der Waals surface area (Å²) in [5.74, 6) is -0.162. The first-order chi connectivity index (χ1) is 14.7. The summed E-state index contributed by atoms with van der Waals surface area (Å²) in [4.78, 5) is 27.4. The molecule has 0 aromatic heterocycles. The molecule has 0 saturated carbocycles. The lowest BCUT2D eigenvalue weighted by Crippen LogP contribution is -2.36. The topological polar surface area (TPSA) is 49.4 Å². The normalized spacial score (nSPS) is 12.9. The van der Waals surface area contributed by atoms with E-state index in [1.165, 1.54) is 16.7 Å². The molecular weight excluding hydrogens is 372 g/mol. The van der Waals surface area contributed by atoms with Gasteiger partial charge in [-0.1, -0.05) is 60.7 Å². The first kappa shape index (κ1) is 19.9. The minimum Gasteiger partial charge on any atom is -0.352 e. The number of aryl methyl sites for hydroxylation is 1. The largest absolute Gasteiger partial charge is 0.352 e. The molecule has 0 radical (unpaired) electrons. The van der Waals surface area contributed by atoms with Crippen molar-refractivity contribution < 1.29 is 9.59 Å². The summed E-state index contributed by atoms with van der Waals surface area (Å²) >= 11 is 0. The number of nitrogens with one attached hydrogen (secondary N) is 1. The van der Waals surface area contributed by atoms with E-state index in [2.05, 4.69) is 29.6 Å². The minimum atomic E-state index is -0.137. The number of carbonyl (C=O) groups excluding carboxylic acids is 2. The molecule has 4 heteroatoms. The second-order valence-corrected chi connectivity index (χ2v) is 7.67. The number of amides is 2. The number of hydrogen-bond donors (Lipinski definition) is 1. The lowest BCUT2D eigenvalue weighted by Gasteiger charge is -2.29. The predicted molar refractivity (Wildman–Crippen MR) is 118 cm³/mol. The first-order valence-corrected chi connectivity index (χ1v) is 10.5. The van der Waals surface area contributed by atoms with Gasteiger partial charge in [0.25, 0.3) is 11.8 Å². The number of fused-ring (bicyclic) bond motifs is 1. The van der Waals surface area contributed by atoms with E-state index in [1.54, 1.807) is 24.3 Å². The summed E-state index contributed by atoms with van der Waals surface area (Å²) in [6.45, 7) is 1.92. The van der Waals surface area contributed by atoms with Crippen LogP contribution in [0.1, 0.15) is 43.8 Å². The van der Waals surface area contributed by atoms with Gasteiger partial charge in [0, 0.05) is 30.8 Å². The van der Waals surface area contributed by atoms with E-state index < -0.39 is 0 Å². The molecule has 0 aliphatic carbocycles. The number of nitrogens with zero attached hydrogens (tertiary/aromatic N) is 1. The lowest BCUT2D eigenvalue weighted by atomic mass is 9.99. The quantitative estimate of drug-likeness (QED) is 0.631. The van der Waals surface area contributed by atoms with E-state index in [9.17, 15) is 9.59 Å². The number of benzene rings is 3. The van der Waals surface area contributed by atoms with E-state index in [0.717, 1.165) is 19.3 Å². The number of rotatable bonds is 6. The van der Waals surface area contributed by atoms with E-state index in [0.29, 0.717) is 30.8 Å². The Kier molecular flexibility index (Phi) is 6.23. The van der Waals surface area contributed by atoms with Crippen LogP contribution in [0.2, 0.25) is 0 Å². The molecule has 1 aliphatic heterocycles. The third-order valence-electron chi connectivity index (χ3n) is 5.56. The Morgan fingerprint density at radius 2 is 1.57 bits per heavy atom. The molecule has 3 aromatic rings. The molecule has 2 amide bonds. The molecule has 1 N–H and O–H groups in total. The number of carbonyl (C=O) groups is 2. The monoisotopic (exact) mass is 398 g/mol. The lowest BCUT2D eigenvalue weighted by molar-refractivity contribution is 0.0734. The van der Waals surface area contributed by atoms with Gasteiger partial charge in [0.1, 0.15) is 0 Å². The molecule has 4 nitrogen and oxygen atoms in total. The molecule has 0 fully saturated rings. The van der Waals surface area contributed by atoms with Gasteiger partial charge < -0.3 is 10.2 Å². The summed E-state index contributed by atoms with van der Waals surface area (Å²) in [5.41, 5.74) is 4.86. The van der Waals surface area contributed by atoms with Crippen LogP contribution in [-0.2, 0) is 19.4 Å². The van der Waals surface area contributed by atoms with Crippen molar-refractivity contribution in [1.82, 2.24) is 10.2 Å². The molecule has 3 aromatic carbocycles. The Morgan fingerprint density at radius 3 is 2.40 bits per heavy atom. The highest BCUT2D eigenvalue weighted by molar-refractivity contribution is 5.99. The Morgan fingerprint density at radius 1 is 0.833 bits per heavy atom. The highest BCUT2D eigenvalue weighted by atomic mass is 16.2. The van der Waals surface area contributed by atoms with E-state index in [1.807, 2.05) is 35.2 Å². The van der Waals surface area contributed by atoms with Crippen molar-refractivity contribution in [2.45, 2.75) is 25.8 Å². The second kappa shape index (κ2) is 9.40. The van der Waals surface area contributed by atoms with Crippen LogP contribution in [0, 0.1) is 0 Å². The zero-order valence-corrected chi connectivity index (χ0v) is 17.0. The molecular formula is C26H26N2O2. The summed E-state index contributed by atoms with van der Waals surface area (Å²) < 4.78 is 0. The van der Waals surface area contributed by atoms with Crippen LogP contribution in [0.15, 0.2) is 78.9 Å². The molecule has 1 heterocycles. The van der Waals surface area contributed by atoms with Gasteiger partial charge >= 0.3 is 0 Å². The van der Waals surface area contributed by atoms with Crippen molar-refractivity contribution >= 4 is 11.8 Å². The van der Waals surface area contributed by atoms with E-state index in [4.69, 9.17) is 0 Å². The molecule has 4 rings (SSSR count). The van der Waals surface area contributed by atoms with Gasteiger partial charge in [-0.3, -0.25) is 9.59 Å². The van der Waals surface area contributed by atoms with Crippen LogP contribution in [-0.4, -0.2) is 29.8 Å². The maximum absolute atomic E-state index is 13.0. The summed E-state index contributed by atoms with van der Waals surface area (Å²) in [7, 11) is 0. The molecule has 0 spiro atoms. The van der Waals surface area contributed by atoms with Crippen LogP contribution < -0.4 is 5.32 Å². The Hall–Kier alpha value is -3.40. The molecule has 0 saturated heterocycles. The van der Waals surface area contributed by atoms with E-state index in [-0.39, 0.29) is 11.8 Å². The van der Waals surface area contributed by atoms with Gasteiger partial charge in [-0.05, 0) is 54.2 Å². The Balaban J connectivity index is 1.34. The molecule has 152 valence electrons. The molecule has 30 heavy (non-hydrogen) atoms. The highest BCUT2D eigenvalue weighted by Gasteiger charge is 2.22. The van der Waals surface area contributed by atoms with Crippen molar-refractivity contribution in [3.63, 3.8) is 0 Å². The van der Waals surface area contributed by atoms with Crippen molar-refractivity contribution in [1.29, 1.82) is 0 Å². The zero-order valence-electron chi connectivity index (χ0n) is 17.0. The Bertz CT molecular complexity index is 1030. The van der Waals surface area contributed by atoms with Crippen molar-refractivity contribution in [3.8, 4) is 0 Å². The van der Waals surface area contributed by atoms with Gasteiger partial charge in [-0.2, -0.15) is 0 Å². The zero-order chi connectivity index (χ0) is 20.8. The molecule has 0 atom stereocenters. The van der Waals surface area contributed by atoms with Gasteiger partial charge in [0.2, 0.25) is 0 Å². The molecule has 0 unspecified atom stereocenters. The summed E-state index contributed by atoms with van der Waals surface area (Å²) in [5, 5.41) is 2.96. The number of hydrogen-bond acceptors (Lipinski definition) is 2. The van der Waals surface area contributed by atoms with Crippen molar-refractivity contribution in [2.24, 2.45) is 0 Å². The Labute approximate surface area is 177 Å². The SMILES string of the molecule is O=C(NCCCc1ccccc1)c1cccc(C(=O)N2CCc3ccccc3C2)c1. The van der Waals surface area contributed by atoms with Gasteiger partial charge in [0.15, 0.2) is 0 Å². The van der Waals surface area contributed by atoms with Crippen LogP contribution in [0.3, 0.4) is 0 Å². The summed E-state index contributed by atoms with van der Waals surface area (Å²) in [6.07, 6.45) is 2.67. The minimum absolute atomic E-state index is 0.0248. The van der Waals surface area contributed by atoms with Crippen LogP contribution in [0.5, 0.6) is 0 Å². The second-order valence-electron chi connectivity index (χ2n) is 7.67. The van der Waals surface area contributed by atoms with Crippen molar-refractivity contribution in [3.05, 3.63) is 107 Å². The van der Waals surface area contributed by atoms with Crippen molar-refractivity contribution in [2.75, 3.05) is 13.1 Å². The fraction of sp³-hybridized carbons (Fsp3) is 0.231.